The summed E-state index contributed by atoms with van der Waals surface area (Å²) < 4.78 is 29.7. The number of hydrogen-bond donors (Lipinski definition) is 1. The van der Waals surface area contributed by atoms with Gasteiger partial charge in [-0.15, -0.1) is 22.7 Å². The molecule has 1 aliphatic rings. The summed E-state index contributed by atoms with van der Waals surface area (Å²) in [6, 6.07) is 10.7. The van der Waals surface area contributed by atoms with Gasteiger partial charge in [-0.1, -0.05) is 6.92 Å². The van der Waals surface area contributed by atoms with E-state index in [0.717, 1.165) is 20.4 Å². The Kier molecular flexibility index (Phi) is 5.25. The normalized spacial score (nSPS) is 20.3. The van der Waals surface area contributed by atoms with Crippen molar-refractivity contribution in [2.75, 3.05) is 18.4 Å². The molecule has 1 fully saturated rings. The molecule has 160 valence electrons. The minimum absolute atomic E-state index is 0.0785. The SMILES string of the molecule is C[C@@H]1CN(S(=O)(=O)c2ccc3ncsc3c2)CC[C@H]1C(=O)Nc1ccc2scnc2c1. The van der Waals surface area contributed by atoms with Crippen molar-refractivity contribution in [2.24, 2.45) is 11.8 Å². The van der Waals surface area contributed by atoms with Crippen LogP contribution in [0.25, 0.3) is 20.4 Å². The van der Waals surface area contributed by atoms with Crippen molar-refractivity contribution in [3.05, 3.63) is 47.4 Å². The highest BCUT2D eigenvalue weighted by molar-refractivity contribution is 7.89. The molecule has 0 radical (unpaired) electrons. The Morgan fingerprint density at radius 1 is 1.06 bits per heavy atom. The zero-order chi connectivity index (χ0) is 21.6. The van der Waals surface area contributed by atoms with E-state index in [4.69, 9.17) is 0 Å². The van der Waals surface area contributed by atoms with Crippen molar-refractivity contribution >= 4 is 64.7 Å². The Bertz CT molecular complexity index is 1380. The molecular weight excluding hydrogens is 452 g/mol. The smallest absolute Gasteiger partial charge is 0.243 e. The number of thiazole rings is 2. The van der Waals surface area contributed by atoms with E-state index >= 15 is 0 Å². The van der Waals surface area contributed by atoms with Gasteiger partial charge < -0.3 is 5.32 Å². The molecule has 1 amide bonds. The number of hydrogen-bond acceptors (Lipinski definition) is 7. The molecule has 1 aliphatic heterocycles. The summed E-state index contributed by atoms with van der Waals surface area (Å²) in [5.74, 6) is -0.426. The second-order valence-corrected chi connectivity index (χ2v) is 11.5. The Morgan fingerprint density at radius 3 is 2.65 bits per heavy atom. The number of nitrogens with zero attached hydrogens (tertiary/aromatic N) is 3. The third-order valence-corrected chi connectivity index (χ3v) is 9.21. The van der Waals surface area contributed by atoms with Crippen molar-refractivity contribution in [2.45, 2.75) is 18.2 Å². The number of amides is 1. The van der Waals surface area contributed by atoms with Crippen LogP contribution < -0.4 is 5.32 Å². The van der Waals surface area contributed by atoms with Gasteiger partial charge in [0.25, 0.3) is 0 Å². The van der Waals surface area contributed by atoms with Crippen molar-refractivity contribution in [3.8, 4) is 0 Å². The molecule has 0 bridgehead atoms. The van der Waals surface area contributed by atoms with E-state index in [9.17, 15) is 13.2 Å². The maximum absolute atomic E-state index is 13.2. The lowest BCUT2D eigenvalue weighted by Gasteiger charge is -2.35. The van der Waals surface area contributed by atoms with E-state index in [0.29, 0.717) is 25.2 Å². The number of carbonyl (C=O) groups excluding carboxylic acids is 1. The third kappa shape index (κ3) is 3.84. The molecule has 2 aromatic heterocycles. The Balaban J connectivity index is 1.29. The monoisotopic (exact) mass is 472 g/mol. The molecule has 0 saturated carbocycles. The number of fused-ring (bicyclic) bond motifs is 2. The molecule has 2 atom stereocenters. The first kappa shape index (κ1) is 20.5. The highest BCUT2D eigenvalue weighted by Gasteiger charge is 2.36. The van der Waals surface area contributed by atoms with Crippen molar-refractivity contribution in [1.82, 2.24) is 14.3 Å². The molecular formula is C21H20N4O3S3. The van der Waals surface area contributed by atoms with Crippen LogP contribution in [-0.2, 0) is 14.8 Å². The zero-order valence-corrected chi connectivity index (χ0v) is 19.1. The van der Waals surface area contributed by atoms with E-state index in [-0.39, 0.29) is 22.6 Å². The largest absolute Gasteiger partial charge is 0.326 e. The topological polar surface area (TPSA) is 92.3 Å². The van der Waals surface area contributed by atoms with Crippen LogP contribution in [0.3, 0.4) is 0 Å². The van der Waals surface area contributed by atoms with Crippen LogP contribution in [0.4, 0.5) is 5.69 Å². The molecule has 10 heteroatoms. The summed E-state index contributed by atoms with van der Waals surface area (Å²) in [7, 11) is -3.62. The summed E-state index contributed by atoms with van der Waals surface area (Å²) in [5.41, 5.74) is 5.85. The van der Waals surface area contributed by atoms with Crippen LogP contribution in [0, 0.1) is 11.8 Å². The van der Waals surface area contributed by atoms with Crippen LogP contribution in [0.5, 0.6) is 0 Å². The minimum Gasteiger partial charge on any atom is -0.326 e. The van der Waals surface area contributed by atoms with Gasteiger partial charge in [-0.3, -0.25) is 4.79 Å². The Labute approximate surface area is 187 Å². The predicted molar refractivity (Wildman–Crippen MR) is 124 cm³/mol. The summed E-state index contributed by atoms with van der Waals surface area (Å²) in [6.45, 7) is 2.56. The van der Waals surface area contributed by atoms with Gasteiger partial charge in [-0.25, -0.2) is 18.4 Å². The van der Waals surface area contributed by atoms with Gasteiger partial charge in [0.05, 0.1) is 36.3 Å². The van der Waals surface area contributed by atoms with Gasteiger partial charge in [0.15, 0.2) is 0 Å². The van der Waals surface area contributed by atoms with Crippen molar-refractivity contribution in [3.63, 3.8) is 0 Å². The van der Waals surface area contributed by atoms with E-state index in [1.54, 1.807) is 40.6 Å². The van der Waals surface area contributed by atoms with Crippen LogP contribution in [0.1, 0.15) is 13.3 Å². The number of aromatic nitrogens is 2. The maximum Gasteiger partial charge on any atom is 0.243 e. The summed E-state index contributed by atoms with van der Waals surface area (Å²) in [4.78, 5) is 21.7. The first-order valence-electron chi connectivity index (χ1n) is 9.89. The number of benzene rings is 2. The number of nitrogens with one attached hydrogen (secondary N) is 1. The second-order valence-electron chi connectivity index (χ2n) is 7.74. The first-order valence-corrected chi connectivity index (χ1v) is 13.1. The Morgan fingerprint density at radius 2 is 1.84 bits per heavy atom. The molecule has 1 saturated heterocycles. The molecule has 31 heavy (non-hydrogen) atoms. The van der Waals surface area contributed by atoms with Crippen LogP contribution >= 0.6 is 22.7 Å². The fourth-order valence-electron chi connectivity index (χ4n) is 4.03. The van der Waals surface area contributed by atoms with Gasteiger partial charge in [0, 0.05) is 24.7 Å². The van der Waals surface area contributed by atoms with Gasteiger partial charge in [-0.2, -0.15) is 4.31 Å². The highest BCUT2D eigenvalue weighted by Crippen LogP contribution is 2.31. The lowest BCUT2D eigenvalue weighted by atomic mass is 9.87. The molecule has 0 unspecified atom stereocenters. The summed E-state index contributed by atoms with van der Waals surface area (Å²) >= 11 is 2.98. The molecule has 1 N–H and O–H groups in total. The molecule has 3 heterocycles. The first-order chi connectivity index (χ1) is 14.9. The van der Waals surface area contributed by atoms with Gasteiger partial charge in [0.2, 0.25) is 15.9 Å². The molecule has 0 spiro atoms. The number of piperidine rings is 1. The number of rotatable bonds is 4. The number of sulfonamides is 1. The second kappa shape index (κ2) is 7.94. The van der Waals surface area contributed by atoms with Crippen molar-refractivity contribution < 1.29 is 13.2 Å². The fourth-order valence-corrected chi connectivity index (χ4v) is 7.06. The fraction of sp³-hybridized carbons (Fsp3) is 0.286. The average Bonchev–Trinajstić information content (AvgIpc) is 3.41. The van der Waals surface area contributed by atoms with E-state index in [1.165, 1.54) is 15.6 Å². The van der Waals surface area contributed by atoms with E-state index in [2.05, 4.69) is 15.3 Å². The predicted octanol–water partition coefficient (Wildman–Crippen LogP) is 4.19. The average molecular weight is 473 g/mol. The van der Waals surface area contributed by atoms with Crippen molar-refractivity contribution in [1.29, 1.82) is 0 Å². The number of anilines is 1. The van der Waals surface area contributed by atoms with Gasteiger partial charge >= 0.3 is 0 Å². The van der Waals surface area contributed by atoms with Gasteiger partial charge in [0.1, 0.15) is 0 Å². The maximum atomic E-state index is 13.2. The summed E-state index contributed by atoms with van der Waals surface area (Å²) in [6.07, 6.45) is 0.480. The molecule has 4 aromatic rings. The lowest BCUT2D eigenvalue weighted by molar-refractivity contribution is -0.122. The molecule has 0 aliphatic carbocycles. The van der Waals surface area contributed by atoms with Gasteiger partial charge in [-0.05, 0) is 48.7 Å². The van der Waals surface area contributed by atoms with E-state index in [1.807, 2.05) is 25.1 Å². The third-order valence-electron chi connectivity index (χ3n) is 5.74. The lowest BCUT2D eigenvalue weighted by Crippen LogP contribution is -2.46. The van der Waals surface area contributed by atoms with Crippen LogP contribution in [-0.4, -0.2) is 41.7 Å². The molecule has 5 rings (SSSR count). The zero-order valence-electron chi connectivity index (χ0n) is 16.7. The van der Waals surface area contributed by atoms with Crippen LogP contribution in [0.15, 0.2) is 52.3 Å². The standard InChI is InChI=1S/C21H20N4O3S3/c1-13-10-25(31(27,28)15-3-4-17-20(9-15)30-11-22-17)7-6-16(13)21(26)24-14-2-5-19-18(8-14)23-12-29-19/h2-5,8-9,11-13,16H,6-7,10H2,1H3,(H,24,26)/t13-,16-/m1/s1. The number of carbonyl (C=O) groups is 1. The highest BCUT2D eigenvalue weighted by atomic mass is 32.2. The molecule has 7 nitrogen and oxygen atoms in total. The Hall–Kier alpha value is -2.40. The van der Waals surface area contributed by atoms with E-state index < -0.39 is 10.0 Å². The molecule has 2 aromatic carbocycles. The quantitative estimate of drug-likeness (QED) is 0.481. The summed E-state index contributed by atoms with van der Waals surface area (Å²) in [5, 5.41) is 2.98. The van der Waals surface area contributed by atoms with Crippen LogP contribution in [0.2, 0.25) is 0 Å². The minimum atomic E-state index is -3.62.